The molecule has 0 amide bonds. The fraction of sp³-hybridized carbons (Fsp3) is 0.211. The first kappa shape index (κ1) is 15.4. The van der Waals surface area contributed by atoms with Gasteiger partial charge < -0.3 is 24.1 Å². The van der Waals surface area contributed by atoms with Crippen LogP contribution >= 0.6 is 0 Å². The van der Waals surface area contributed by atoms with Gasteiger partial charge in [-0.1, -0.05) is 12.1 Å². The Labute approximate surface area is 142 Å². The second kappa shape index (κ2) is 5.17. The van der Waals surface area contributed by atoms with Gasteiger partial charge in [-0.05, 0) is 19.9 Å². The van der Waals surface area contributed by atoms with Gasteiger partial charge in [-0.3, -0.25) is 4.79 Å². The number of methoxy groups -OCH3 is 1. The van der Waals surface area contributed by atoms with Crippen LogP contribution in [0.5, 0.6) is 23.0 Å². The summed E-state index contributed by atoms with van der Waals surface area (Å²) in [6.45, 7) is 3.56. The van der Waals surface area contributed by atoms with E-state index in [0.29, 0.717) is 22.4 Å². The van der Waals surface area contributed by atoms with E-state index in [1.807, 2.05) is 0 Å². The molecular formula is C19H16O6. The molecule has 0 radical (unpaired) electrons. The van der Waals surface area contributed by atoms with E-state index in [9.17, 15) is 15.0 Å². The Morgan fingerprint density at radius 2 is 1.92 bits per heavy atom. The molecule has 4 rings (SSSR count). The number of hydrogen-bond donors (Lipinski definition) is 2. The Hall–Kier alpha value is -3.15. The van der Waals surface area contributed by atoms with Gasteiger partial charge in [0.1, 0.15) is 34.8 Å². The fourth-order valence-electron chi connectivity index (χ4n) is 3.40. The largest absolute Gasteiger partial charge is 0.507 e. The molecule has 1 aromatic heterocycles. The van der Waals surface area contributed by atoms with Gasteiger partial charge >= 0.3 is 0 Å². The third kappa shape index (κ3) is 1.94. The molecule has 1 aliphatic heterocycles. The summed E-state index contributed by atoms with van der Waals surface area (Å²) in [5, 5.41) is 20.8. The van der Waals surface area contributed by atoms with E-state index in [1.54, 1.807) is 26.0 Å². The second-order valence-corrected chi connectivity index (χ2v) is 6.03. The molecule has 1 aliphatic rings. The van der Waals surface area contributed by atoms with Crippen molar-refractivity contribution in [3.8, 4) is 34.3 Å². The predicted molar refractivity (Wildman–Crippen MR) is 91.6 cm³/mol. The van der Waals surface area contributed by atoms with Gasteiger partial charge in [-0.2, -0.15) is 0 Å². The lowest BCUT2D eigenvalue weighted by Crippen LogP contribution is -2.15. The SMILES string of the molecule is COc1c(C)c(O)c2c(=O)c3c(oc2c1C)-c1c(O)cccc1CO3. The normalized spacial score (nSPS) is 12.4. The van der Waals surface area contributed by atoms with E-state index in [2.05, 4.69) is 0 Å². The highest BCUT2D eigenvalue weighted by molar-refractivity contribution is 5.93. The molecule has 0 saturated heterocycles. The van der Waals surface area contributed by atoms with Gasteiger partial charge in [-0.25, -0.2) is 0 Å². The number of aromatic hydroxyl groups is 2. The van der Waals surface area contributed by atoms with Gasteiger partial charge in [0.2, 0.25) is 11.2 Å². The third-order valence-electron chi connectivity index (χ3n) is 4.62. The summed E-state index contributed by atoms with van der Waals surface area (Å²) in [4.78, 5) is 13.0. The number of ether oxygens (including phenoxy) is 2. The zero-order valence-corrected chi connectivity index (χ0v) is 14.0. The minimum atomic E-state index is -0.475. The molecule has 2 heterocycles. The number of fused-ring (bicyclic) bond motifs is 4. The molecule has 0 unspecified atom stereocenters. The zero-order chi connectivity index (χ0) is 17.9. The molecule has 128 valence electrons. The van der Waals surface area contributed by atoms with Crippen LogP contribution in [0.2, 0.25) is 0 Å². The van der Waals surface area contributed by atoms with Crippen LogP contribution in [-0.2, 0) is 6.61 Å². The fourth-order valence-corrected chi connectivity index (χ4v) is 3.40. The van der Waals surface area contributed by atoms with Crippen molar-refractivity contribution in [2.24, 2.45) is 0 Å². The van der Waals surface area contributed by atoms with Crippen molar-refractivity contribution in [3.05, 3.63) is 45.1 Å². The molecule has 0 atom stereocenters. The van der Waals surface area contributed by atoms with Crippen molar-refractivity contribution in [2.75, 3.05) is 7.11 Å². The minimum Gasteiger partial charge on any atom is -0.507 e. The first-order chi connectivity index (χ1) is 12.0. The molecule has 0 spiro atoms. The summed E-state index contributed by atoms with van der Waals surface area (Å²) in [6.07, 6.45) is 0. The van der Waals surface area contributed by atoms with Crippen LogP contribution in [0.1, 0.15) is 16.7 Å². The molecule has 6 heteroatoms. The van der Waals surface area contributed by atoms with Crippen LogP contribution in [0.25, 0.3) is 22.3 Å². The van der Waals surface area contributed by atoms with Crippen molar-refractivity contribution in [2.45, 2.75) is 20.5 Å². The molecule has 0 aliphatic carbocycles. The lowest BCUT2D eigenvalue weighted by atomic mass is 9.98. The Morgan fingerprint density at radius 1 is 1.16 bits per heavy atom. The second-order valence-electron chi connectivity index (χ2n) is 6.03. The quantitative estimate of drug-likeness (QED) is 0.706. The van der Waals surface area contributed by atoms with Gasteiger partial charge in [-0.15, -0.1) is 0 Å². The lowest BCUT2D eigenvalue weighted by Gasteiger charge is -2.21. The maximum absolute atomic E-state index is 13.0. The van der Waals surface area contributed by atoms with E-state index >= 15 is 0 Å². The van der Waals surface area contributed by atoms with Gasteiger partial charge in [0.15, 0.2) is 5.76 Å². The summed E-state index contributed by atoms with van der Waals surface area (Å²) in [7, 11) is 1.49. The number of aryl methyl sites for hydroxylation is 1. The topological polar surface area (TPSA) is 89.1 Å². The van der Waals surface area contributed by atoms with Crippen LogP contribution in [0.3, 0.4) is 0 Å². The molecule has 2 N–H and O–H groups in total. The van der Waals surface area contributed by atoms with Gasteiger partial charge in [0.25, 0.3) is 0 Å². The van der Waals surface area contributed by atoms with Crippen LogP contribution in [0.15, 0.2) is 27.4 Å². The Kier molecular flexibility index (Phi) is 3.18. The monoisotopic (exact) mass is 340 g/mol. The molecular weight excluding hydrogens is 324 g/mol. The average Bonchev–Trinajstić information content (AvgIpc) is 2.60. The van der Waals surface area contributed by atoms with E-state index in [-0.39, 0.29) is 40.6 Å². The van der Waals surface area contributed by atoms with E-state index in [1.165, 1.54) is 13.2 Å². The molecule has 0 fully saturated rings. The number of phenols is 2. The van der Waals surface area contributed by atoms with Crippen molar-refractivity contribution in [1.82, 2.24) is 0 Å². The Bertz CT molecular complexity index is 1090. The summed E-state index contributed by atoms with van der Waals surface area (Å²) < 4.78 is 16.9. The van der Waals surface area contributed by atoms with Crippen molar-refractivity contribution in [1.29, 1.82) is 0 Å². The third-order valence-corrected chi connectivity index (χ3v) is 4.62. The smallest absolute Gasteiger partial charge is 0.239 e. The summed E-state index contributed by atoms with van der Waals surface area (Å²) in [5.74, 6) is 0.402. The van der Waals surface area contributed by atoms with Crippen LogP contribution in [-0.4, -0.2) is 17.3 Å². The predicted octanol–water partition coefficient (Wildman–Crippen LogP) is 3.39. The molecule has 6 nitrogen and oxygen atoms in total. The first-order valence-corrected chi connectivity index (χ1v) is 7.76. The highest BCUT2D eigenvalue weighted by atomic mass is 16.5. The van der Waals surface area contributed by atoms with Crippen molar-refractivity contribution in [3.63, 3.8) is 0 Å². The molecule has 0 saturated carbocycles. The zero-order valence-electron chi connectivity index (χ0n) is 14.0. The highest BCUT2D eigenvalue weighted by Gasteiger charge is 2.30. The summed E-state index contributed by atoms with van der Waals surface area (Å²) in [6, 6.07) is 5.02. The molecule has 0 bridgehead atoms. The Balaban J connectivity index is 2.20. The summed E-state index contributed by atoms with van der Waals surface area (Å²) in [5.41, 5.74) is 1.94. The average molecular weight is 340 g/mol. The number of benzene rings is 2. The molecule has 25 heavy (non-hydrogen) atoms. The van der Waals surface area contributed by atoms with Crippen LogP contribution in [0, 0.1) is 13.8 Å². The van der Waals surface area contributed by atoms with Crippen LogP contribution in [0.4, 0.5) is 0 Å². The maximum atomic E-state index is 13.0. The Morgan fingerprint density at radius 3 is 2.64 bits per heavy atom. The van der Waals surface area contributed by atoms with E-state index in [4.69, 9.17) is 13.9 Å². The maximum Gasteiger partial charge on any atom is 0.239 e. The van der Waals surface area contributed by atoms with Gasteiger partial charge in [0, 0.05) is 16.7 Å². The molecule has 2 aromatic carbocycles. The van der Waals surface area contributed by atoms with Gasteiger partial charge in [0.05, 0.1) is 12.7 Å². The number of rotatable bonds is 1. The first-order valence-electron chi connectivity index (χ1n) is 7.76. The lowest BCUT2D eigenvalue weighted by molar-refractivity contribution is 0.288. The van der Waals surface area contributed by atoms with Crippen molar-refractivity contribution >= 4 is 11.0 Å². The molecule has 3 aromatic rings. The van der Waals surface area contributed by atoms with E-state index in [0.717, 1.165) is 5.56 Å². The number of hydrogen-bond acceptors (Lipinski definition) is 6. The summed E-state index contributed by atoms with van der Waals surface area (Å²) >= 11 is 0. The van der Waals surface area contributed by atoms with Crippen LogP contribution < -0.4 is 14.9 Å². The highest BCUT2D eigenvalue weighted by Crippen LogP contribution is 2.45. The van der Waals surface area contributed by atoms with E-state index < -0.39 is 5.43 Å². The minimum absolute atomic E-state index is 0.00509. The number of phenolic OH excluding ortho intramolecular Hbond substituents is 2. The standard InChI is InChI=1S/C19H16O6/c1-8-14(21)13-15(22)19-18(25-17(13)9(2)16(8)23-3)12-10(7-24-19)5-4-6-11(12)20/h4-6,20-21H,7H2,1-3H3. The van der Waals surface area contributed by atoms with Crippen molar-refractivity contribution < 1.29 is 24.1 Å².